The van der Waals surface area contributed by atoms with Crippen LogP contribution in [-0.2, 0) is 0 Å². The van der Waals surface area contributed by atoms with E-state index in [0.717, 1.165) is 72.1 Å². The summed E-state index contributed by atoms with van der Waals surface area (Å²) in [6, 6.07) is 62.6. The summed E-state index contributed by atoms with van der Waals surface area (Å²) in [6.07, 6.45) is 0. The summed E-state index contributed by atoms with van der Waals surface area (Å²) in [5, 5.41) is 11.6. The molecule has 0 saturated heterocycles. The highest BCUT2D eigenvalue weighted by atomic mass is 16.3. The fourth-order valence-corrected chi connectivity index (χ4v) is 8.15. The van der Waals surface area contributed by atoms with Crippen LogP contribution in [-0.4, -0.2) is 0 Å². The molecule has 0 N–H and O–H groups in total. The average Bonchev–Trinajstić information content (AvgIpc) is 3.77. The first-order valence-electron chi connectivity index (χ1n) is 17.3. The van der Waals surface area contributed by atoms with Crippen molar-refractivity contribution in [3.05, 3.63) is 176 Å². The lowest BCUT2D eigenvalue weighted by molar-refractivity contribution is 0.669. The summed E-state index contributed by atoms with van der Waals surface area (Å²) in [4.78, 5) is 2.41. The van der Waals surface area contributed by atoms with Crippen LogP contribution in [0.3, 0.4) is 0 Å². The van der Waals surface area contributed by atoms with Crippen LogP contribution in [0.1, 0.15) is 0 Å². The predicted molar refractivity (Wildman–Crippen MR) is 214 cm³/mol. The minimum Gasteiger partial charge on any atom is -0.456 e. The van der Waals surface area contributed by atoms with Crippen LogP contribution in [0, 0.1) is 0 Å². The van der Waals surface area contributed by atoms with Gasteiger partial charge >= 0.3 is 0 Å². The van der Waals surface area contributed by atoms with Gasteiger partial charge in [-0.05, 0) is 81.0 Å². The molecule has 0 radical (unpaired) electrons. The summed E-state index contributed by atoms with van der Waals surface area (Å²) in [7, 11) is 0. The van der Waals surface area contributed by atoms with Crippen molar-refractivity contribution in [1.29, 1.82) is 0 Å². The van der Waals surface area contributed by atoms with Gasteiger partial charge in [0.05, 0.1) is 16.8 Å². The number of benzene rings is 9. The Labute approximate surface area is 293 Å². The van der Waals surface area contributed by atoms with Crippen LogP contribution >= 0.6 is 0 Å². The molecule has 3 heteroatoms. The smallest absolute Gasteiger partial charge is 0.145 e. The number of rotatable bonds is 4. The number of nitrogens with zero attached hydrogens (tertiary/aromatic N) is 1. The van der Waals surface area contributed by atoms with Gasteiger partial charge in [-0.2, -0.15) is 0 Å². The van der Waals surface area contributed by atoms with E-state index in [9.17, 15) is 0 Å². The quantitative estimate of drug-likeness (QED) is 0.177. The molecule has 0 aliphatic rings. The van der Waals surface area contributed by atoms with E-state index >= 15 is 0 Å². The second kappa shape index (κ2) is 10.8. The largest absolute Gasteiger partial charge is 0.456 e. The van der Waals surface area contributed by atoms with E-state index in [1.54, 1.807) is 0 Å². The molecule has 51 heavy (non-hydrogen) atoms. The highest BCUT2D eigenvalue weighted by Gasteiger charge is 2.24. The van der Waals surface area contributed by atoms with Gasteiger partial charge in [0.25, 0.3) is 0 Å². The molecule has 9 aromatic carbocycles. The third kappa shape index (κ3) is 4.19. The number of anilines is 3. The first-order valence-corrected chi connectivity index (χ1v) is 17.3. The molecule has 0 spiro atoms. The zero-order chi connectivity index (χ0) is 33.5. The molecule has 238 valence electrons. The van der Waals surface area contributed by atoms with Crippen LogP contribution in [0.2, 0.25) is 0 Å². The summed E-state index contributed by atoms with van der Waals surface area (Å²) < 4.78 is 13.2. The predicted octanol–water partition coefficient (Wildman–Crippen LogP) is 14.1. The van der Waals surface area contributed by atoms with Gasteiger partial charge in [0, 0.05) is 32.8 Å². The Balaban J connectivity index is 1.26. The molecule has 0 atom stereocenters. The zero-order valence-electron chi connectivity index (χ0n) is 27.5. The van der Waals surface area contributed by atoms with E-state index in [1.807, 2.05) is 18.2 Å². The molecule has 3 nitrogen and oxygen atoms in total. The highest BCUT2D eigenvalue weighted by Crippen LogP contribution is 2.49. The van der Waals surface area contributed by atoms with Crippen LogP contribution in [0.5, 0.6) is 0 Å². The van der Waals surface area contributed by atoms with Gasteiger partial charge in [0.15, 0.2) is 0 Å². The molecule has 0 aliphatic heterocycles. The lowest BCUT2D eigenvalue weighted by atomic mass is 9.95. The first-order chi connectivity index (χ1) is 25.3. The molecule has 0 saturated carbocycles. The molecule has 0 aliphatic carbocycles. The third-order valence-corrected chi connectivity index (χ3v) is 10.4. The number of hydrogen-bond donors (Lipinski definition) is 0. The zero-order valence-corrected chi connectivity index (χ0v) is 27.5. The first kappa shape index (κ1) is 28.0. The van der Waals surface area contributed by atoms with Crippen molar-refractivity contribution in [2.24, 2.45) is 0 Å². The summed E-state index contributed by atoms with van der Waals surface area (Å²) in [6.45, 7) is 0. The maximum absolute atomic E-state index is 6.87. The standard InChI is InChI=1S/C48H29NO2/c1-3-14-33-30(11-1)13-9-18-36(33)39-26-27-43(47-40-17-6-8-22-45(40)51-48(39)47)49(32-24-28-46-41(29-32)38-16-5-7-21-44(38)50-46)42-20-10-19-35-34-15-4-2-12-31(34)23-25-37(35)42/h1-29H. The maximum Gasteiger partial charge on any atom is 0.145 e. The Kier molecular flexibility index (Phi) is 5.96. The van der Waals surface area contributed by atoms with Gasteiger partial charge in [0.1, 0.15) is 22.3 Å². The fourth-order valence-electron chi connectivity index (χ4n) is 8.15. The van der Waals surface area contributed by atoms with Gasteiger partial charge in [0.2, 0.25) is 0 Å². The number of furan rings is 2. The van der Waals surface area contributed by atoms with E-state index in [1.165, 1.54) is 32.3 Å². The van der Waals surface area contributed by atoms with Crippen molar-refractivity contribution in [2.75, 3.05) is 4.90 Å². The van der Waals surface area contributed by atoms with Crippen molar-refractivity contribution in [3.8, 4) is 11.1 Å². The van der Waals surface area contributed by atoms with Crippen LogP contribution in [0.15, 0.2) is 185 Å². The summed E-state index contributed by atoms with van der Waals surface area (Å²) >= 11 is 0. The fraction of sp³-hybridized carbons (Fsp3) is 0. The molecular weight excluding hydrogens is 623 g/mol. The Bertz CT molecular complexity index is 3160. The minimum atomic E-state index is 0.863. The number of para-hydroxylation sites is 2. The van der Waals surface area contributed by atoms with Crippen molar-refractivity contribution >= 4 is 93.3 Å². The highest BCUT2D eigenvalue weighted by molar-refractivity contribution is 6.20. The minimum absolute atomic E-state index is 0.863. The Morgan fingerprint density at radius 2 is 0.980 bits per heavy atom. The number of hydrogen-bond acceptors (Lipinski definition) is 3. The van der Waals surface area contributed by atoms with E-state index in [0.29, 0.717) is 0 Å². The molecule has 2 heterocycles. The maximum atomic E-state index is 6.87. The van der Waals surface area contributed by atoms with Crippen molar-refractivity contribution in [3.63, 3.8) is 0 Å². The van der Waals surface area contributed by atoms with Crippen molar-refractivity contribution in [1.82, 2.24) is 0 Å². The monoisotopic (exact) mass is 651 g/mol. The molecule has 0 bridgehead atoms. The molecule has 2 aromatic heterocycles. The Morgan fingerprint density at radius 1 is 0.333 bits per heavy atom. The van der Waals surface area contributed by atoms with Crippen LogP contribution in [0.25, 0.3) is 87.3 Å². The number of fused-ring (bicyclic) bond motifs is 10. The molecule has 11 rings (SSSR count). The molecule has 0 fully saturated rings. The summed E-state index contributed by atoms with van der Waals surface area (Å²) in [5.41, 5.74) is 8.89. The normalized spacial score (nSPS) is 11.9. The van der Waals surface area contributed by atoms with Gasteiger partial charge in [-0.25, -0.2) is 0 Å². The van der Waals surface area contributed by atoms with E-state index in [2.05, 4.69) is 163 Å². The second-order valence-corrected chi connectivity index (χ2v) is 13.2. The molecule has 0 unspecified atom stereocenters. The van der Waals surface area contributed by atoms with Gasteiger partial charge in [-0.15, -0.1) is 0 Å². The van der Waals surface area contributed by atoms with E-state index < -0.39 is 0 Å². The van der Waals surface area contributed by atoms with Crippen molar-refractivity contribution in [2.45, 2.75) is 0 Å². The van der Waals surface area contributed by atoms with Gasteiger partial charge < -0.3 is 13.7 Å². The van der Waals surface area contributed by atoms with Gasteiger partial charge in [-0.3, -0.25) is 0 Å². The van der Waals surface area contributed by atoms with Gasteiger partial charge in [-0.1, -0.05) is 127 Å². The lowest BCUT2D eigenvalue weighted by Crippen LogP contribution is -2.11. The Morgan fingerprint density at radius 3 is 1.84 bits per heavy atom. The second-order valence-electron chi connectivity index (χ2n) is 13.2. The Hall–Kier alpha value is -6.84. The average molecular weight is 652 g/mol. The molecular formula is C48H29NO2. The van der Waals surface area contributed by atoms with Crippen LogP contribution in [0.4, 0.5) is 17.1 Å². The van der Waals surface area contributed by atoms with Crippen molar-refractivity contribution < 1.29 is 8.83 Å². The molecule has 11 aromatic rings. The van der Waals surface area contributed by atoms with E-state index in [-0.39, 0.29) is 0 Å². The topological polar surface area (TPSA) is 29.5 Å². The molecule has 0 amide bonds. The van der Waals surface area contributed by atoms with Crippen LogP contribution < -0.4 is 4.90 Å². The lowest BCUT2D eigenvalue weighted by Gasteiger charge is -2.28. The van der Waals surface area contributed by atoms with E-state index in [4.69, 9.17) is 8.83 Å². The summed E-state index contributed by atoms with van der Waals surface area (Å²) in [5.74, 6) is 0. The SMILES string of the molecule is c1ccc2c(-c3ccc(N(c4ccc5oc6ccccc6c5c4)c4cccc5c4ccc4ccccc45)c4c3oc3ccccc34)cccc2c1. The third-order valence-electron chi connectivity index (χ3n) is 10.4.